The zero-order valence-corrected chi connectivity index (χ0v) is 8.79. The van der Waals surface area contributed by atoms with Crippen LogP contribution in [0.4, 0.5) is 0 Å². The summed E-state index contributed by atoms with van der Waals surface area (Å²) in [5.74, 6) is 0.881. The first kappa shape index (κ1) is 10.7. The minimum absolute atomic E-state index is 0.0671. The maximum absolute atomic E-state index is 11.4. The van der Waals surface area contributed by atoms with Crippen LogP contribution in [0.25, 0.3) is 0 Å². The summed E-state index contributed by atoms with van der Waals surface area (Å²) in [6, 6.07) is 0. The molecule has 1 rings (SSSR count). The van der Waals surface area contributed by atoms with Crippen LogP contribution in [-0.4, -0.2) is 17.0 Å². The molecule has 0 radical (unpaired) electrons. The fraction of sp³-hybridized carbons (Fsp3) is 0.909. The Balaban J connectivity index is 2.69. The zero-order valence-electron chi connectivity index (χ0n) is 8.79. The smallest absolute Gasteiger partial charge is 0.133 e. The van der Waals surface area contributed by atoms with Crippen LogP contribution < -0.4 is 0 Å². The molecule has 13 heavy (non-hydrogen) atoms. The topological polar surface area (TPSA) is 37.3 Å². The second-order valence-corrected chi connectivity index (χ2v) is 4.54. The van der Waals surface area contributed by atoms with Gasteiger partial charge in [0.1, 0.15) is 5.78 Å². The summed E-state index contributed by atoms with van der Waals surface area (Å²) in [6.07, 6.45) is 2.73. The van der Waals surface area contributed by atoms with Gasteiger partial charge in [0.15, 0.2) is 0 Å². The summed E-state index contributed by atoms with van der Waals surface area (Å²) in [6.45, 7) is 5.78. The Morgan fingerprint density at radius 3 is 2.31 bits per heavy atom. The number of hydrogen-bond acceptors (Lipinski definition) is 2. The summed E-state index contributed by atoms with van der Waals surface area (Å²) in [5.41, 5.74) is 0. The van der Waals surface area contributed by atoms with Gasteiger partial charge in [-0.25, -0.2) is 0 Å². The van der Waals surface area contributed by atoms with E-state index in [2.05, 4.69) is 13.8 Å². The number of aliphatic hydroxyl groups is 1. The van der Waals surface area contributed by atoms with Crippen molar-refractivity contribution in [2.75, 3.05) is 0 Å². The Kier molecular flexibility index (Phi) is 3.48. The van der Waals surface area contributed by atoms with Gasteiger partial charge in [0.2, 0.25) is 0 Å². The second-order valence-electron chi connectivity index (χ2n) is 4.54. The fourth-order valence-corrected chi connectivity index (χ4v) is 2.65. The lowest BCUT2D eigenvalue weighted by atomic mass is 9.79. The number of hydrogen-bond donors (Lipinski definition) is 1. The zero-order chi connectivity index (χ0) is 10.0. The molecule has 2 heteroatoms. The van der Waals surface area contributed by atoms with E-state index in [1.54, 1.807) is 6.92 Å². The molecular formula is C11H20O2. The molecule has 3 atom stereocenters. The van der Waals surface area contributed by atoms with Crippen molar-refractivity contribution in [2.45, 2.75) is 46.1 Å². The molecule has 0 heterocycles. The van der Waals surface area contributed by atoms with Crippen molar-refractivity contribution in [3.63, 3.8) is 0 Å². The van der Waals surface area contributed by atoms with Crippen molar-refractivity contribution >= 4 is 5.78 Å². The van der Waals surface area contributed by atoms with E-state index >= 15 is 0 Å². The maximum atomic E-state index is 11.4. The highest BCUT2D eigenvalue weighted by Gasteiger charge is 2.36. The van der Waals surface area contributed by atoms with E-state index in [1.165, 1.54) is 0 Å². The fourth-order valence-electron chi connectivity index (χ4n) is 2.65. The third-order valence-electron chi connectivity index (χ3n) is 3.18. The van der Waals surface area contributed by atoms with Crippen molar-refractivity contribution in [3.05, 3.63) is 0 Å². The first-order chi connectivity index (χ1) is 6.04. The highest BCUT2D eigenvalue weighted by atomic mass is 16.3. The lowest BCUT2D eigenvalue weighted by Gasteiger charge is -2.27. The number of carbonyl (C=O) groups excluding carboxylic acids is 1. The average molecular weight is 184 g/mol. The number of aliphatic hydroxyl groups excluding tert-OH is 1. The molecule has 0 aliphatic heterocycles. The molecule has 0 aromatic carbocycles. The average Bonchev–Trinajstić information content (AvgIpc) is 2.35. The van der Waals surface area contributed by atoms with Gasteiger partial charge in [0, 0.05) is 5.92 Å². The van der Waals surface area contributed by atoms with Crippen molar-refractivity contribution in [2.24, 2.45) is 17.8 Å². The molecule has 1 saturated carbocycles. The largest absolute Gasteiger partial charge is 0.393 e. The molecule has 1 aliphatic carbocycles. The Morgan fingerprint density at radius 1 is 1.38 bits per heavy atom. The third-order valence-corrected chi connectivity index (χ3v) is 3.18. The quantitative estimate of drug-likeness (QED) is 0.728. The molecule has 0 amide bonds. The molecule has 76 valence electrons. The highest BCUT2D eigenvalue weighted by molar-refractivity contribution is 5.79. The Hall–Kier alpha value is -0.370. The Labute approximate surface area is 80.3 Å². The standard InChI is InChI=1S/C11H20O2/c1-7(2)11(8(3)12)9-5-4-6-10(9)13/h7,9-11,13H,4-6H2,1-3H3. The van der Waals surface area contributed by atoms with E-state index in [1.807, 2.05) is 0 Å². The molecule has 0 bridgehead atoms. The van der Waals surface area contributed by atoms with Gasteiger partial charge in [-0.05, 0) is 31.6 Å². The summed E-state index contributed by atoms with van der Waals surface area (Å²) in [4.78, 5) is 11.4. The Morgan fingerprint density at radius 2 is 2.00 bits per heavy atom. The van der Waals surface area contributed by atoms with Gasteiger partial charge in [-0.2, -0.15) is 0 Å². The molecule has 1 N–H and O–H groups in total. The van der Waals surface area contributed by atoms with Gasteiger partial charge in [-0.1, -0.05) is 20.3 Å². The predicted octanol–water partition coefficient (Wildman–Crippen LogP) is 2.01. The summed E-state index contributed by atoms with van der Waals surface area (Å²) in [7, 11) is 0. The van der Waals surface area contributed by atoms with Crippen LogP contribution in [-0.2, 0) is 4.79 Å². The number of rotatable bonds is 3. The summed E-state index contributed by atoms with van der Waals surface area (Å²) >= 11 is 0. The number of Topliss-reactive ketones (excluding diaryl/α,β-unsaturated/α-hetero) is 1. The van der Waals surface area contributed by atoms with Gasteiger partial charge in [-0.15, -0.1) is 0 Å². The molecule has 3 unspecified atom stereocenters. The van der Waals surface area contributed by atoms with Crippen molar-refractivity contribution in [1.29, 1.82) is 0 Å². The molecule has 0 spiro atoms. The van der Waals surface area contributed by atoms with E-state index in [0.29, 0.717) is 5.92 Å². The number of carbonyl (C=O) groups is 1. The molecule has 1 aliphatic rings. The molecule has 0 aromatic rings. The monoisotopic (exact) mass is 184 g/mol. The van der Waals surface area contributed by atoms with Crippen LogP contribution in [0.3, 0.4) is 0 Å². The molecule has 0 aromatic heterocycles. The van der Waals surface area contributed by atoms with E-state index in [9.17, 15) is 9.90 Å². The van der Waals surface area contributed by atoms with Crippen molar-refractivity contribution in [1.82, 2.24) is 0 Å². The molecular weight excluding hydrogens is 164 g/mol. The molecule has 0 saturated heterocycles. The predicted molar refractivity (Wildman–Crippen MR) is 52.4 cm³/mol. The van der Waals surface area contributed by atoms with E-state index in [-0.39, 0.29) is 23.7 Å². The van der Waals surface area contributed by atoms with Crippen LogP contribution in [0.2, 0.25) is 0 Å². The normalized spacial score (nSPS) is 30.8. The third kappa shape index (κ3) is 2.31. The summed E-state index contributed by atoms with van der Waals surface area (Å²) < 4.78 is 0. The number of ketones is 1. The maximum Gasteiger partial charge on any atom is 0.133 e. The lowest BCUT2D eigenvalue weighted by Crippen LogP contribution is -2.31. The van der Waals surface area contributed by atoms with Crippen LogP contribution in [0, 0.1) is 17.8 Å². The van der Waals surface area contributed by atoms with Gasteiger partial charge in [-0.3, -0.25) is 4.79 Å². The van der Waals surface area contributed by atoms with Gasteiger partial charge in [0.05, 0.1) is 6.10 Å². The lowest BCUT2D eigenvalue weighted by molar-refractivity contribution is -0.125. The van der Waals surface area contributed by atoms with Crippen LogP contribution >= 0.6 is 0 Å². The SMILES string of the molecule is CC(=O)C(C(C)C)C1CCCC1O. The van der Waals surface area contributed by atoms with Crippen LogP contribution in [0.15, 0.2) is 0 Å². The van der Waals surface area contributed by atoms with Gasteiger partial charge < -0.3 is 5.11 Å². The van der Waals surface area contributed by atoms with Crippen LogP contribution in [0.5, 0.6) is 0 Å². The second kappa shape index (κ2) is 4.23. The Bertz CT molecular complexity index is 187. The van der Waals surface area contributed by atoms with Crippen molar-refractivity contribution in [3.8, 4) is 0 Å². The van der Waals surface area contributed by atoms with Crippen LogP contribution in [0.1, 0.15) is 40.0 Å². The minimum atomic E-state index is -0.240. The first-order valence-corrected chi connectivity index (χ1v) is 5.22. The van der Waals surface area contributed by atoms with E-state index in [0.717, 1.165) is 19.3 Å². The molecule has 2 nitrogen and oxygen atoms in total. The highest BCUT2D eigenvalue weighted by Crippen LogP contribution is 2.35. The minimum Gasteiger partial charge on any atom is -0.393 e. The van der Waals surface area contributed by atoms with Gasteiger partial charge >= 0.3 is 0 Å². The summed E-state index contributed by atoms with van der Waals surface area (Å²) in [5, 5.41) is 9.70. The molecule has 1 fully saturated rings. The first-order valence-electron chi connectivity index (χ1n) is 5.22. The van der Waals surface area contributed by atoms with E-state index in [4.69, 9.17) is 0 Å². The van der Waals surface area contributed by atoms with Gasteiger partial charge in [0.25, 0.3) is 0 Å². The van der Waals surface area contributed by atoms with Crippen molar-refractivity contribution < 1.29 is 9.90 Å². The van der Waals surface area contributed by atoms with E-state index < -0.39 is 0 Å².